The third-order valence-electron chi connectivity index (χ3n) is 7.22. The number of aromatic amines is 1. The van der Waals surface area contributed by atoms with Gasteiger partial charge in [-0.05, 0) is 28.9 Å². The normalized spacial score (nSPS) is 29.9. The molecule has 2 aliphatic rings. The third kappa shape index (κ3) is 6.24. The summed E-state index contributed by atoms with van der Waals surface area (Å²) in [5, 5.41) is 17.4. The van der Waals surface area contributed by atoms with Crippen LogP contribution < -0.4 is 17.0 Å². The highest BCUT2D eigenvalue weighted by molar-refractivity contribution is 8.39. The Bertz CT molecular complexity index is 1890. The van der Waals surface area contributed by atoms with Gasteiger partial charge in [0.1, 0.15) is 42.2 Å². The quantitative estimate of drug-likeness (QED) is 0.0912. The highest BCUT2D eigenvalue weighted by Gasteiger charge is 2.53. The summed E-state index contributed by atoms with van der Waals surface area (Å²) in [6, 6.07) is 1.55. The molecule has 25 heteroatoms. The zero-order valence-electron chi connectivity index (χ0n) is 23.0. The predicted octanol–water partition coefficient (Wildman–Crippen LogP) is 0.568. The number of aromatic nitrogens is 8. The van der Waals surface area contributed by atoms with E-state index in [1.165, 1.54) is 17.1 Å². The van der Waals surface area contributed by atoms with Crippen molar-refractivity contribution in [1.29, 1.82) is 0 Å². The topological polar surface area (TPSA) is 263 Å². The summed E-state index contributed by atoms with van der Waals surface area (Å²) in [6.07, 6.45) is -10.2. The summed E-state index contributed by atoms with van der Waals surface area (Å²) in [7, 11) is -2.63. The number of thiol groups is 1. The standard InChI is InChI=1S/C21H24F2N10O9P2S2/c22-10-8(2-4-34)39-20(33-17-12(30-31-33)18(35)29-21(25)28-17)14(10)42-44(37,46)38-5-9-13(41-43(36)45)11(23)19(40-9)32-3-1-7-15(24)26-6-27-16(7)32/h1,3,6,8-11,13-14,19-20,34H,2,4-5H2,(H6-,24,25,26,27,28,29,31,35,36,37,45,46)/p+1/t8-,9-,10+,11+,13-,14-,19-,20-,44?/m1/s1. The minimum absolute atomic E-state index is 0.146. The van der Waals surface area contributed by atoms with Crippen LogP contribution in [0.4, 0.5) is 20.5 Å². The first-order chi connectivity index (χ1) is 21.9. The van der Waals surface area contributed by atoms with Gasteiger partial charge >= 0.3 is 13.9 Å². The molecule has 4 aromatic rings. The third-order valence-corrected chi connectivity index (χ3v) is 9.49. The summed E-state index contributed by atoms with van der Waals surface area (Å²) in [4.78, 5) is 37.5. The number of anilines is 2. The lowest BCUT2D eigenvalue weighted by molar-refractivity contribution is -0.0536. The van der Waals surface area contributed by atoms with Gasteiger partial charge < -0.3 is 40.0 Å². The van der Waals surface area contributed by atoms with Crippen LogP contribution in [0.3, 0.4) is 0 Å². The van der Waals surface area contributed by atoms with E-state index in [4.69, 9.17) is 46.3 Å². The summed E-state index contributed by atoms with van der Waals surface area (Å²) in [5.74, 6) is -0.145. The van der Waals surface area contributed by atoms with Crippen molar-refractivity contribution in [3.63, 3.8) is 0 Å². The molecule has 0 aromatic carbocycles. The lowest BCUT2D eigenvalue weighted by Gasteiger charge is -2.25. The monoisotopic (exact) mass is 725 g/mol. The zero-order chi connectivity index (χ0) is 32.9. The number of aliphatic hydroxyl groups excluding tert-OH is 1. The van der Waals surface area contributed by atoms with Crippen molar-refractivity contribution in [3.05, 3.63) is 28.9 Å². The first-order valence-electron chi connectivity index (χ1n) is 13.2. The van der Waals surface area contributed by atoms with Crippen molar-refractivity contribution in [2.75, 3.05) is 24.7 Å². The Balaban J connectivity index is 1.23. The molecule has 2 saturated heterocycles. The van der Waals surface area contributed by atoms with Crippen LogP contribution in [-0.4, -0.2) is 99.5 Å². The number of fused-ring (bicyclic) bond motifs is 2. The van der Waals surface area contributed by atoms with Gasteiger partial charge in [0, 0.05) is 12.8 Å². The fourth-order valence-corrected chi connectivity index (χ4v) is 7.41. The van der Waals surface area contributed by atoms with E-state index in [2.05, 4.69) is 42.5 Å². The van der Waals surface area contributed by atoms with Gasteiger partial charge in [0.15, 0.2) is 42.1 Å². The number of ether oxygens (including phenoxy) is 2. The van der Waals surface area contributed by atoms with Gasteiger partial charge in [-0.1, -0.05) is 5.21 Å². The molecule has 2 fully saturated rings. The van der Waals surface area contributed by atoms with Crippen LogP contribution >= 0.6 is 26.2 Å². The molecule has 248 valence electrons. The van der Waals surface area contributed by atoms with E-state index in [0.29, 0.717) is 5.39 Å². The molecule has 0 bridgehead atoms. The van der Waals surface area contributed by atoms with Gasteiger partial charge in [-0.25, -0.2) is 18.7 Å². The lowest BCUT2D eigenvalue weighted by Crippen LogP contribution is -2.34. The summed E-state index contributed by atoms with van der Waals surface area (Å²) >= 11 is 8.87. The van der Waals surface area contributed by atoms with Crippen LogP contribution in [0.2, 0.25) is 0 Å². The minimum atomic E-state index is -4.42. The molecule has 7 N–H and O–H groups in total. The average molecular weight is 726 g/mol. The maximum absolute atomic E-state index is 15.7. The molecule has 0 amide bonds. The zero-order valence-corrected chi connectivity index (χ0v) is 26.5. The molecule has 6 heterocycles. The maximum atomic E-state index is 15.7. The minimum Gasteiger partial charge on any atom is -0.396 e. The number of aliphatic hydroxyl groups is 1. The Labute approximate surface area is 266 Å². The molecule has 2 aliphatic heterocycles. The Hall–Kier alpha value is -2.82. The molecule has 0 radical (unpaired) electrons. The van der Waals surface area contributed by atoms with Gasteiger partial charge in [0.25, 0.3) is 5.56 Å². The first kappa shape index (κ1) is 33.1. The molecular weight excluding hydrogens is 700 g/mol. The number of nitrogens with two attached hydrogens (primary N) is 2. The second-order valence-electron chi connectivity index (χ2n) is 10.1. The smallest absolute Gasteiger partial charge is 0.396 e. The number of H-pyrrole nitrogens is 1. The van der Waals surface area contributed by atoms with Crippen LogP contribution in [-0.2, 0) is 39.4 Å². The fraction of sp³-hybridized carbons (Fsp3) is 0.524. The molecule has 0 aliphatic carbocycles. The molecule has 46 heavy (non-hydrogen) atoms. The number of nitrogen functional groups attached to an aromatic ring is 2. The molecule has 10 atom stereocenters. The van der Waals surface area contributed by atoms with Crippen LogP contribution in [0.1, 0.15) is 18.9 Å². The van der Waals surface area contributed by atoms with E-state index < -0.39 is 81.9 Å². The Morgan fingerprint density at radius 3 is 2.67 bits per heavy atom. The van der Waals surface area contributed by atoms with Gasteiger partial charge in [-0.3, -0.25) is 14.3 Å². The van der Waals surface area contributed by atoms with Crippen molar-refractivity contribution in [2.24, 2.45) is 0 Å². The number of alkyl halides is 2. The Morgan fingerprint density at radius 1 is 1.17 bits per heavy atom. The number of nitrogens with zero attached hydrogens (tertiary/aromatic N) is 7. The molecule has 19 nitrogen and oxygen atoms in total. The molecule has 4 aromatic heterocycles. The number of rotatable bonds is 11. The van der Waals surface area contributed by atoms with Crippen LogP contribution in [0.25, 0.3) is 22.2 Å². The Morgan fingerprint density at radius 2 is 1.93 bits per heavy atom. The number of nitrogens with one attached hydrogen (secondary N) is 1. The average Bonchev–Trinajstić information content (AvgIpc) is 3.74. The number of hydrogen-bond donors (Lipinski definition) is 6. The van der Waals surface area contributed by atoms with Gasteiger partial charge in [-0.2, -0.15) is 9.67 Å². The fourth-order valence-electron chi connectivity index (χ4n) is 5.22. The maximum Gasteiger partial charge on any atom is 0.582 e. The van der Waals surface area contributed by atoms with E-state index in [1.807, 2.05) is 0 Å². The van der Waals surface area contributed by atoms with Gasteiger partial charge in [-0.15, -0.1) is 9.62 Å². The highest BCUT2D eigenvalue weighted by atomic mass is 32.7. The van der Waals surface area contributed by atoms with Crippen molar-refractivity contribution in [2.45, 2.75) is 55.6 Å². The molecule has 6 rings (SSSR count). The molecule has 2 unspecified atom stereocenters. The van der Waals surface area contributed by atoms with Gasteiger partial charge in [0.05, 0.1) is 18.1 Å². The van der Waals surface area contributed by atoms with E-state index in [9.17, 15) is 19.4 Å². The predicted molar refractivity (Wildman–Crippen MR) is 160 cm³/mol. The largest absolute Gasteiger partial charge is 0.582 e. The SMILES string of the molecule is Nc1nc2c(nnn2[C@@H]2O[C@H](CCO)[C@H](F)[C@H]2OP(O)(=S)OC[C@H]2O[C@@H](n3ccc4c(N)ncnc43)[C@@H](F)[C@@H]2O[P+](=O)S)c(=O)[nH]1. The van der Waals surface area contributed by atoms with Gasteiger partial charge in [0.2, 0.25) is 5.95 Å². The summed E-state index contributed by atoms with van der Waals surface area (Å²) in [5.41, 5.74) is 10.6. The van der Waals surface area contributed by atoms with Crippen molar-refractivity contribution < 1.29 is 46.4 Å². The molecular formula is C21H25F2N10O9P2S2+. The lowest BCUT2D eigenvalue weighted by atomic mass is 10.1. The summed E-state index contributed by atoms with van der Waals surface area (Å²) in [6.45, 7) is -5.55. The van der Waals surface area contributed by atoms with Crippen LogP contribution in [0.5, 0.6) is 0 Å². The first-order valence-corrected chi connectivity index (χ1v) is 18.2. The van der Waals surface area contributed by atoms with Crippen molar-refractivity contribution in [3.8, 4) is 0 Å². The van der Waals surface area contributed by atoms with E-state index in [-0.39, 0.29) is 35.0 Å². The Kier molecular flexibility index (Phi) is 9.35. The van der Waals surface area contributed by atoms with E-state index >= 15 is 8.78 Å². The van der Waals surface area contributed by atoms with E-state index in [0.717, 1.165) is 4.68 Å². The van der Waals surface area contributed by atoms with Crippen molar-refractivity contribution >= 4 is 72.0 Å². The van der Waals surface area contributed by atoms with Crippen LogP contribution in [0, 0.1) is 0 Å². The highest BCUT2D eigenvalue weighted by Crippen LogP contribution is 2.51. The summed E-state index contributed by atoms with van der Waals surface area (Å²) < 4.78 is 73.2. The number of hydrogen-bond acceptors (Lipinski definition) is 16. The van der Waals surface area contributed by atoms with Crippen molar-refractivity contribution in [1.82, 2.24) is 39.5 Å². The second kappa shape index (κ2) is 13.0. The number of halogens is 2. The van der Waals surface area contributed by atoms with E-state index in [1.54, 1.807) is 6.07 Å². The molecule has 0 saturated carbocycles. The second-order valence-corrected chi connectivity index (χ2v) is 14.5. The van der Waals surface area contributed by atoms with Crippen LogP contribution in [0.15, 0.2) is 23.4 Å². The molecule has 0 spiro atoms.